The fourth-order valence-corrected chi connectivity index (χ4v) is 1.82. The molecule has 1 heterocycles. The van der Waals surface area contributed by atoms with Gasteiger partial charge in [0.25, 0.3) is 0 Å². The van der Waals surface area contributed by atoms with Crippen LogP contribution in [0.5, 0.6) is 0 Å². The largest absolute Gasteiger partial charge is 0.382 e. The van der Waals surface area contributed by atoms with Crippen molar-refractivity contribution in [2.24, 2.45) is 0 Å². The second-order valence-electron chi connectivity index (χ2n) is 3.82. The van der Waals surface area contributed by atoms with Gasteiger partial charge in [-0.3, -0.25) is 0 Å². The van der Waals surface area contributed by atoms with Gasteiger partial charge in [-0.2, -0.15) is 0 Å². The molecule has 0 atom stereocenters. The smallest absolute Gasteiger partial charge is 0.0639 e. The molecule has 1 aromatic rings. The number of hydrogen-bond acceptors (Lipinski definition) is 3. The Balaban J connectivity index is 2.19. The van der Waals surface area contributed by atoms with E-state index in [0.717, 1.165) is 32.8 Å². The third-order valence-corrected chi connectivity index (χ3v) is 2.70. The molecule has 1 aliphatic rings. The molecule has 2 N–H and O–H groups in total. The molecule has 15 heavy (non-hydrogen) atoms. The van der Waals surface area contributed by atoms with Crippen molar-refractivity contribution in [3.05, 3.63) is 29.3 Å². The third kappa shape index (κ3) is 2.70. The van der Waals surface area contributed by atoms with Crippen molar-refractivity contribution in [2.45, 2.75) is 13.5 Å². The summed E-state index contributed by atoms with van der Waals surface area (Å²) in [5, 5.41) is 6.80. The van der Waals surface area contributed by atoms with Gasteiger partial charge in [-0.05, 0) is 24.1 Å². The van der Waals surface area contributed by atoms with Gasteiger partial charge in [0.15, 0.2) is 0 Å². The minimum absolute atomic E-state index is 0.773. The van der Waals surface area contributed by atoms with Crippen LogP contribution in [-0.2, 0) is 11.3 Å². The summed E-state index contributed by atoms with van der Waals surface area (Å²) in [7, 11) is 0. The van der Waals surface area contributed by atoms with Crippen LogP contribution in [0.2, 0.25) is 0 Å². The number of rotatable bonds is 0. The van der Waals surface area contributed by atoms with E-state index >= 15 is 0 Å². The van der Waals surface area contributed by atoms with Crippen molar-refractivity contribution in [1.82, 2.24) is 5.32 Å². The molecule has 3 nitrogen and oxygen atoms in total. The van der Waals surface area contributed by atoms with Gasteiger partial charge in [0.1, 0.15) is 0 Å². The summed E-state index contributed by atoms with van der Waals surface area (Å²) in [5.41, 5.74) is 3.95. The zero-order chi connectivity index (χ0) is 10.5. The quantitative estimate of drug-likeness (QED) is 0.675. The number of aryl methyl sites for hydroxylation is 1. The summed E-state index contributed by atoms with van der Waals surface area (Å²) in [6.45, 7) is 6.45. The van der Waals surface area contributed by atoms with E-state index in [1.165, 1.54) is 16.8 Å². The summed E-state index contributed by atoms with van der Waals surface area (Å²) < 4.78 is 5.43. The van der Waals surface area contributed by atoms with Crippen molar-refractivity contribution < 1.29 is 4.74 Å². The second-order valence-corrected chi connectivity index (χ2v) is 3.82. The molecule has 0 saturated heterocycles. The molecule has 3 heteroatoms. The maximum absolute atomic E-state index is 5.43. The van der Waals surface area contributed by atoms with Crippen molar-refractivity contribution in [3.8, 4) is 0 Å². The van der Waals surface area contributed by atoms with Crippen LogP contribution in [0.1, 0.15) is 11.1 Å². The lowest BCUT2D eigenvalue weighted by atomic mass is 10.1. The highest BCUT2D eigenvalue weighted by Crippen LogP contribution is 2.19. The molecule has 0 fully saturated rings. The number of benzene rings is 1. The highest BCUT2D eigenvalue weighted by atomic mass is 16.5. The third-order valence-electron chi connectivity index (χ3n) is 2.70. The van der Waals surface area contributed by atoms with Gasteiger partial charge in [-0.15, -0.1) is 0 Å². The van der Waals surface area contributed by atoms with Gasteiger partial charge in [0, 0.05) is 25.3 Å². The van der Waals surface area contributed by atoms with Crippen LogP contribution in [0.3, 0.4) is 0 Å². The first-order valence-electron chi connectivity index (χ1n) is 5.49. The lowest BCUT2D eigenvalue weighted by Crippen LogP contribution is -2.24. The normalized spacial score (nSPS) is 17.7. The molecular weight excluding hydrogens is 188 g/mol. The number of nitrogens with one attached hydrogen (secondary N) is 2. The van der Waals surface area contributed by atoms with Gasteiger partial charge in [0.2, 0.25) is 0 Å². The Hall–Kier alpha value is -1.06. The highest BCUT2D eigenvalue weighted by molar-refractivity contribution is 5.54. The highest BCUT2D eigenvalue weighted by Gasteiger charge is 2.05. The molecule has 1 aromatic carbocycles. The van der Waals surface area contributed by atoms with Crippen molar-refractivity contribution >= 4 is 5.69 Å². The molecule has 82 valence electrons. The standard InChI is InChI=1S/C12H18N2O/c1-10-3-2-4-12-11(10)9-13-5-7-15-8-6-14-12/h2-4,13-14H,5-9H2,1H3. The SMILES string of the molecule is Cc1cccc2c1CNCCOCCN2. The molecular formula is C12H18N2O. The Bertz CT molecular complexity index is 325. The molecule has 0 spiro atoms. The zero-order valence-corrected chi connectivity index (χ0v) is 9.18. The van der Waals surface area contributed by atoms with Crippen LogP contribution in [0, 0.1) is 6.92 Å². The molecule has 1 aliphatic heterocycles. The van der Waals surface area contributed by atoms with Gasteiger partial charge >= 0.3 is 0 Å². The summed E-state index contributed by atoms with van der Waals surface area (Å²) in [5.74, 6) is 0. The monoisotopic (exact) mass is 206 g/mol. The van der Waals surface area contributed by atoms with Crippen LogP contribution >= 0.6 is 0 Å². The Kier molecular flexibility index (Phi) is 3.59. The van der Waals surface area contributed by atoms with E-state index in [0.29, 0.717) is 0 Å². The Morgan fingerprint density at radius 3 is 3.00 bits per heavy atom. The molecule has 2 rings (SSSR count). The summed E-state index contributed by atoms with van der Waals surface area (Å²) in [6.07, 6.45) is 0. The fraction of sp³-hybridized carbons (Fsp3) is 0.500. The van der Waals surface area contributed by atoms with Crippen molar-refractivity contribution in [3.63, 3.8) is 0 Å². The second kappa shape index (κ2) is 5.14. The van der Waals surface area contributed by atoms with Crippen LogP contribution < -0.4 is 10.6 Å². The van der Waals surface area contributed by atoms with Gasteiger partial charge in [-0.1, -0.05) is 12.1 Å². The molecule has 0 saturated carbocycles. The maximum Gasteiger partial charge on any atom is 0.0639 e. The van der Waals surface area contributed by atoms with E-state index in [2.05, 4.69) is 35.8 Å². The average Bonchev–Trinajstić information content (AvgIpc) is 2.26. The van der Waals surface area contributed by atoms with E-state index in [4.69, 9.17) is 4.74 Å². The Labute approximate surface area is 90.8 Å². The first kappa shape index (κ1) is 10.5. The molecule has 0 bridgehead atoms. The van der Waals surface area contributed by atoms with E-state index in [1.807, 2.05) is 0 Å². The first-order chi connectivity index (χ1) is 7.38. The van der Waals surface area contributed by atoms with Gasteiger partial charge < -0.3 is 15.4 Å². The summed E-state index contributed by atoms with van der Waals surface area (Å²) in [6, 6.07) is 6.38. The average molecular weight is 206 g/mol. The van der Waals surface area contributed by atoms with Gasteiger partial charge in [0.05, 0.1) is 13.2 Å². The van der Waals surface area contributed by atoms with Crippen molar-refractivity contribution in [1.29, 1.82) is 0 Å². The lowest BCUT2D eigenvalue weighted by Gasteiger charge is -2.17. The molecule has 0 aliphatic carbocycles. The number of anilines is 1. The van der Waals surface area contributed by atoms with E-state index in [9.17, 15) is 0 Å². The minimum atomic E-state index is 0.773. The predicted octanol–water partition coefficient (Wildman–Crippen LogP) is 1.53. The Morgan fingerprint density at radius 2 is 2.07 bits per heavy atom. The summed E-state index contributed by atoms with van der Waals surface area (Å²) in [4.78, 5) is 0. The van der Waals surface area contributed by atoms with Crippen LogP contribution in [0.25, 0.3) is 0 Å². The van der Waals surface area contributed by atoms with Crippen molar-refractivity contribution in [2.75, 3.05) is 31.6 Å². The minimum Gasteiger partial charge on any atom is -0.382 e. The fourth-order valence-electron chi connectivity index (χ4n) is 1.82. The van der Waals surface area contributed by atoms with E-state index < -0.39 is 0 Å². The van der Waals surface area contributed by atoms with E-state index in [-0.39, 0.29) is 0 Å². The first-order valence-corrected chi connectivity index (χ1v) is 5.49. The molecule has 0 amide bonds. The van der Waals surface area contributed by atoms with Crippen LogP contribution in [0.4, 0.5) is 5.69 Å². The number of ether oxygens (including phenoxy) is 1. The Morgan fingerprint density at radius 1 is 1.20 bits per heavy atom. The molecule has 0 aromatic heterocycles. The maximum atomic E-state index is 5.43. The lowest BCUT2D eigenvalue weighted by molar-refractivity contribution is 0.145. The van der Waals surface area contributed by atoms with Gasteiger partial charge in [-0.25, -0.2) is 0 Å². The topological polar surface area (TPSA) is 33.3 Å². The van der Waals surface area contributed by atoms with Crippen LogP contribution in [0.15, 0.2) is 18.2 Å². The zero-order valence-electron chi connectivity index (χ0n) is 9.18. The molecule has 0 radical (unpaired) electrons. The molecule has 0 unspecified atom stereocenters. The predicted molar refractivity (Wildman–Crippen MR) is 62.2 cm³/mol. The van der Waals surface area contributed by atoms with E-state index in [1.54, 1.807) is 0 Å². The number of hydrogen-bond donors (Lipinski definition) is 2. The summed E-state index contributed by atoms with van der Waals surface area (Å²) >= 11 is 0. The number of fused-ring (bicyclic) bond motifs is 1. The van der Waals surface area contributed by atoms with Crippen LogP contribution in [-0.4, -0.2) is 26.3 Å².